The Kier molecular flexibility index (Phi) is 5.75. The summed E-state index contributed by atoms with van der Waals surface area (Å²) in [7, 11) is 0. The van der Waals surface area contributed by atoms with Crippen LogP contribution in [-0.2, 0) is 0 Å². The van der Waals surface area contributed by atoms with Crippen LogP contribution in [0.2, 0.25) is 0 Å². The number of anilines is 1. The normalized spacial score (nSPS) is 21.3. The van der Waals surface area contributed by atoms with Crippen LogP contribution in [0.3, 0.4) is 0 Å². The molecule has 3 heteroatoms. The SMILES string of the molecule is [C-]#[N+]C1CCN(c2ccc(C(O)C(C)C)cc2)C1/C=C/c1ccccc1. The maximum Gasteiger partial charge on any atom is 0.248 e. The molecule has 3 rings (SSSR count). The molecule has 0 bridgehead atoms. The van der Waals surface area contributed by atoms with Gasteiger partial charge >= 0.3 is 0 Å². The fraction of sp³-hybridized carbons (Fsp3) is 0.348. The average Bonchev–Trinajstić information content (AvgIpc) is 3.09. The summed E-state index contributed by atoms with van der Waals surface area (Å²) >= 11 is 0. The molecule has 2 aromatic rings. The lowest BCUT2D eigenvalue weighted by Gasteiger charge is -2.24. The molecule has 1 fully saturated rings. The predicted molar refractivity (Wildman–Crippen MR) is 108 cm³/mol. The average molecular weight is 346 g/mol. The van der Waals surface area contributed by atoms with Crippen LogP contribution in [-0.4, -0.2) is 23.7 Å². The van der Waals surface area contributed by atoms with Gasteiger partial charge in [0.15, 0.2) is 0 Å². The first-order chi connectivity index (χ1) is 12.6. The minimum Gasteiger partial charge on any atom is -0.388 e. The Hall–Kier alpha value is -2.57. The second-order valence-corrected chi connectivity index (χ2v) is 7.22. The first kappa shape index (κ1) is 18.2. The van der Waals surface area contributed by atoms with Crippen molar-refractivity contribution in [3.8, 4) is 0 Å². The van der Waals surface area contributed by atoms with E-state index in [2.05, 4.69) is 46.2 Å². The first-order valence-corrected chi connectivity index (χ1v) is 9.24. The highest BCUT2D eigenvalue weighted by Gasteiger charge is 2.37. The number of aliphatic hydroxyl groups excluding tert-OH is 1. The summed E-state index contributed by atoms with van der Waals surface area (Å²) in [4.78, 5) is 6.14. The molecular weight excluding hydrogens is 320 g/mol. The van der Waals surface area contributed by atoms with Gasteiger partial charge in [-0.25, -0.2) is 6.57 Å². The van der Waals surface area contributed by atoms with Crippen LogP contribution in [0.5, 0.6) is 0 Å². The van der Waals surface area contributed by atoms with Gasteiger partial charge < -0.3 is 14.9 Å². The van der Waals surface area contributed by atoms with Gasteiger partial charge in [0, 0.05) is 18.7 Å². The summed E-state index contributed by atoms with van der Waals surface area (Å²) in [5.74, 6) is 0.195. The third kappa shape index (κ3) is 3.98. The minimum atomic E-state index is -0.438. The Labute approximate surface area is 156 Å². The van der Waals surface area contributed by atoms with Crippen molar-refractivity contribution >= 4 is 11.8 Å². The van der Waals surface area contributed by atoms with Gasteiger partial charge in [0.05, 0.1) is 6.10 Å². The fourth-order valence-corrected chi connectivity index (χ4v) is 3.49. The van der Waals surface area contributed by atoms with Gasteiger partial charge in [0.2, 0.25) is 6.04 Å². The van der Waals surface area contributed by atoms with Crippen molar-refractivity contribution in [3.63, 3.8) is 0 Å². The molecule has 1 aliphatic rings. The quantitative estimate of drug-likeness (QED) is 0.775. The second kappa shape index (κ2) is 8.21. The van der Waals surface area contributed by atoms with E-state index in [0.717, 1.165) is 29.8 Å². The van der Waals surface area contributed by atoms with Crippen LogP contribution in [0.1, 0.15) is 37.5 Å². The van der Waals surface area contributed by atoms with E-state index < -0.39 is 6.10 Å². The molecular formula is C23H26N2O. The van der Waals surface area contributed by atoms with E-state index in [0.29, 0.717) is 0 Å². The Bertz CT molecular complexity index is 774. The van der Waals surface area contributed by atoms with Crippen molar-refractivity contribution in [2.75, 3.05) is 11.4 Å². The maximum atomic E-state index is 10.2. The molecule has 3 atom stereocenters. The third-order valence-electron chi connectivity index (χ3n) is 5.07. The van der Waals surface area contributed by atoms with Gasteiger partial charge in [0.25, 0.3) is 0 Å². The highest BCUT2D eigenvalue weighted by Crippen LogP contribution is 2.31. The van der Waals surface area contributed by atoms with Gasteiger partial charge in [-0.3, -0.25) is 0 Å². The lowest BCUT2D eigenvalue weighted by Crippen LogP contribution is -2.32. The number of rotatable bonds is 5. The lowest BCUT2D eigenvalue weighted by molar-refractivity contribution is 0.127. The zero-order valence-corrected chi connectivity index (χ0v) is 15.4. The van der Waals surface area contributed by atoms with E-state index in [9.17, 15) is 5.11 Å². The van der Waals surface area contributed by atoms with Crippen LogP contribution in [0.25, 0.3) is 10.9 Å². The van der Waals surface area contributed by atoms with Gasteiger partial charge in [-0.15, -0.1) is 0 Å². The van der Waals surface area contributed by atoms with Crippen LogP contribution in [0.4, 0.5) is 5.69 Å². The Morgan fingerprint density at radius 3 is 2.42 bits per heavy atom. The van der Waals surface area contributed by atoms with Crippen LogP contribution < -0.4 is 4.90 Å². The summed E-state index contributed by atoms with van der Waals surface area (Å²) in [5.41, 5.74) is 3.21. The van der Waals surface area contributed by atoms with E-state index >= 15 is 0 Å². The first-order valence-electron chi connectivity index (χ1n) is 9.24. The Morgan fingerprint density at radius 1 is 1.12 bits per heavy atom. The largest absolute Gasteiger partial charge is 0.388 e. The predicted octanol–water partition coefficient (Wildman–Crippen LogP) is 4.96. The summed E-state index contributed by atoms with van der Waals surface area (Å²) < 4.78 is 0. The summed E-state index contributed by atoms with van der Waals surface area (Å²) in [6.45, 7) is 12.4. The molecule has 0 amide bonds. The van der Waals surface area contributed by atoms with Gasteiger partial charge in [0.1, 0.15) is 6.04 Å². The third-order valence-corrected chi connectivity index (χ3v) is 5.07. The number of benzene rings is 2. The van der Waals surface area contributed by atoms with Gasteiger partial charge in [-0.05, 0) is 29.2 Å². The number of hydrogen-bond acceptors (Lipinski definition) is 2. The number of aliphatic hydroxyl groups is 1. The van der Waals surface area contributed by atoms with Crippen molar-refractivity contribution < 1.29 is 5.11 Å². The minimum absolute atomic E-state index is 0.0177. The highest BCUT2D eigenvalue weighted by atomic mass is 16.3. The van der Waals surface area contributed by atoms with Crippen molar-refractivity contribution in [2.45, 2.75) is 38.5 Å². The topological polar surface area (TPSA) is 27.8 Å². The molecule has 0 radical (unpaired) electrons. The number of nitrogens with zero attached hydrogens (tertiary/aromatic N) is 2. The zero-order valence-electron chi connectivity index (χ0n) is 15.4. The summed E-state index contributed by atoms with van der Waals surface area (Å²) in [6, 6.07) is 18.4. The molecule has 1 heterocycles. The molecule has 2 aromatic carbocycles. The molecule has 0 spiro atoms. The van der Waals surface area contributed by atoms with Crippen LogP contribution >= 0.6 is 0 Å². The molecule has 1 aliphatic heterocycles. The molecule has 1 N–H and O–H groups in total. The van der Waals surface area contributed by atoms with E-state index in [4.69, 9.17) is 6.57 Å². The van der Waals surface area contributed by atoms with E-state index in [-0.39, 0.29) is 18.0 Å². The van der Waals surface area contributed by atoms with Crippen LogP contribution in [0.15, 0.2) is 60.7 Å². The molecule has 0 aliphatic carbocycles. The molecule has 134 valence electrons. The van der Waals surface area contributed by atoms with Gasteiger partial charge in [-0.1, -0.05) is 68.5 Å². The highest BCUT2D eigenvalue weighted by molar-refractivity contribution is 5.56. The second-order valence-electron chi connectivity index (χ2n) is 7.22. The van der Waals surface area contributed by atoms with Gasteiger partial charge in [-0.2, -0.15) is 0 Å². The lowest BCUT2D eigenvalue weighted by atomic mass is 9.99. The van der Waals surface area contributed by atoms with E-state index in [1.807, 2.05) is 44.2 Å². The Balaban J connectivity index is 1.81. The summed E-state index contributed by atoms with van der Waals surface area (Å²) in [5, 5.41) is 10.2. The summed E-state index contributed by atoms with van der Waals surface area (Å²) in [6.07, 6.45) is 4.70. The molecule has 0 saturated carbocycles. The maximum absolute atomic E-state index is 10.2. The monoisotopic (exact) mass is 346 g/mol. The zero-order chi connectivity index (χ0) is 18.5. The standard InChI is InChI=1S/C23H26N2O/c1-17(2)23(26)19-10-12-20(13-11-19)25-16-15-21(24-3)22(25)14-9-18-7-5-4-6-8-18/h4-14,17,21-23,26H,15-16H2,1-2H3/b14-9+. The number of hydrogen-bond donors (Lipinski definition) is 1. The van der Waals surface area contributed by atoms with Crippen molar-refractivity contribution in [3.05, 3.63) is 83.2 Å². The molecule has 26 heavy (non-hydrogen) atoms. The fourth-order valence-electron chi connectivity index (χ4n) is 3.49. The van der Waals surface area contributed by atoms with Crippen molar-refractivity contribution in [1.82, 2.24) is 0 Å². The van der Waals surface area contributed by atoms with Crippen LogP contribution in [0, 0.1) is 12.5 Å². The van der Waals surface area contributed by atoms with Crippen molar-refractivity contribution in [2.24, 2.45) is 5.92 Å². The molecule has 0 aromatic heterocycles. The molecule has 3 unspecified atom stereocenters. The smallest absolute Gasteiger partial charge is 0.248 e. The molecule has 3 nitrogen and oxygen atoms in total. The van der Waals surface area contributed by atoms with E-state index in [1.54, 1.807) is 0 Å². The molecule has 1 saturated heterocycles. The van der Waals surface area contributed by atoms with E-state index in [1.165, 1.54) is 0 Å². The Morgan fingerprint density at radius 2 is 1.81 bits per heavy atom. The van der Waals surface area contributed by atoms with Crippen molar-refractivity contribution in [1.29, 1.82) is 0 Å².